The minimum atomic E-state index is 1.14. The maximum absolute atomic E-state index is 3.25. The van der Waals surface area contributed by atoms with Crippen LogP contribution in [0.15, 0.2) is 30.4 Å². The molecule has 0 saturated heterocycles. The Balaban J connectivity index is 3.33. The molecule has 0 heterocycles. The first-order chi connectivity index (χ1) is 7.33. The second-order valence-corrected chi connectivity index (χ2v) is 3.26. The van der Waals surface area contributed by atoms with E-state index in [9.17, 15) is 0 Å². The van der Waals surface area contributed by atoms with Crippen molar-refractivity contribution in [1.82, 2.24) is 0 Å². The van der Waals surface area contributed by atoms with Crippen LogP contribution in [0.2, 0.25) is 0 Å². The van der Waals surface area contributed by atoms with Crippen LogP contribution in [-0.4, -0.2) is 0 Å². The van der Waals surface area contributed by atoms with Gasteiger partial charge in [-0.2, -0.15) is 0 Å². The highest BCUT2D eigenvalue weighted by molar-refractivity contribution is 5.73. The van der Waals surface area contributed by atoms with E-state index < -0.39 is 0 Å². The summed E-state index contributed by atoms with van der Waals surface area (Å²) in [5.41, 5.74) is 3.62. The average molecular weight is 197 g/mol. The summed E-state index contributed by atoms with van der Waals surface area (Å²) in [6.07, 6.45) is 12.5. The number of allylic oxidation sites excluding steroid dienone is 3. The van der Waals surface area contributed by atoms with Crippen molar-refractivity contribution in [1.29, 1.82) is 0 Å². The molecule has 1 rings (SSSR count). The zero-order chi connectivity index (χ0) is 11.1. The predicted molar refractivity (Wildman–Crippen MR) is 69.4 cm³/mol. The molecule has 0 fully saturated rings. The average Bonchev–Trinajstić information content (AvgIpc) is 2.23. The van der Waals surface area contributed by atoms with Gasteiger partial charge in [0.25, 0.3) is 0 Å². The molecule has 0 bridgehead atoms. The van der Waals surface area contributed by atoms with Gasteiger partial charge < -0.3 is 0 Å². The van der Waals surface area contributed by atoms with Crippen LogP contribution < -0.4 is 0 Å². The summed E-state index contributed by atoms with van der Waals surface area (Å²) in [6, 6.07) is 7.31. The molecule has 0 saturated carbocycles. The molecular formula is C15H17. The Morgan fingerprint density at radius 1 is 0.933 bits per heavy atom. The van der Waals surface area contributed by atoms with Crippen LogP contribution in [0.25, 0.3) is 18.2 Å². The lowest BCUT2D eigenvalue weighted by Gasteiger charge is -2.05. The van der Waals surface area contributed by atoms with Gasteiger partial charge >= 0.3 is 0 Å². The monoisotopic (exact) mass is 197 g/mol. The summed E-state index contributed by atoms with van der Waals surface area (Å²) in [5, 5.41) is 0. The first-order valence-electron chi connectivity index (χ1n) is 5.26. The minimum absolute atomic E-state index is 1.14. The Bertz CT molecular complexity index is 362. The second kappa shape index (κ2) is 6.02. The van der Waals surface area contributed by atoms with Gasteiger partial charge in [0.15, 0.2) is 0 Å². The molecule has 1 aromatic rings. The van der Waals surface area contributed by atoms with Crippen molar-refractivity contribution in [2.24, 2.45) is 0 Å². The Morgan fingerprint density at radius 3 is 2.20 bits per heavy atom. The lowest BCUT2D eigenvalue weighted by Crippen LogP contribution is -1.86. The summed E-state index contributed by atoms with van der Waals surface area (Å²) in [4.78, 5) is 0. The van der Waals surface area contributed by atoms with Crippen LogP contribution in [0.5, 0.6) is 0 Å². The highest BCUT2D eigenvalue weighted by Crippen LogP contribution is 2.19. The van der Waals surface area contributed by atoms with Crippen LogP contribution in [0.4, 0.5) is 0 Å². The van der Waals surface area contributed by atoms with Crippen LogP contribution in [0.1, 0.15) is 37.5 Å². The number of hydrogen-bond donors (Lipinski definition) is 0. The number of hydrogen-bond acceptors (Lipinski definition) is 0. The van der Waals surface area contributed by atoms with Gasteiger partial charge in [-0.3, -0.25) is 0 Å². The molecule has 0 N–H and O–H groups in total. The maximum atomic E-state index is 3.25. The lowest BCUT2D eigenvalue weighted by atomic mass is 9.99. The van der Waals surface area contributed by atoms with E-state index in [0.717, 1.165) is 5.56 Å². The molecule has 0 aliphatic carbocycles. The van der Waals surface area contributed by atoms with Gasteiger partial charge in [-0.1, -0.05) is 48.6 Å². The van der Waals surface area contributed by atoms with E-state index in [1.165, 1.54) is 11.1 Å². The molecule has 0 aromatic heterocycles. The van der Waals surface area contributed by atoms with Gasteiger partial charge in [-0.25, -0.2) is 0 Å². The highest BCUT2D eigenvalue weighted by atomic mass is 14.0. The van der Waals surface area contributed by atoms with E-state index in [-0.39, 0.29) is 0 Å². The fourth-order valence-electron chi connectivity index (χ4n) is 1.53. The largest absolute Gasteiger partial charge is 0.0870 e. The van der Waals surface area contributed by atoms with E-state index >= 15 is 0 Å². The van der Waals surface area contributed by atoms with Gasteiger partial charge in [-0.05, 0) is 43.5 Å². The smallest absolute Gasteiger partial charge is 0.00989 e. The van der Waals surface area contributed by atoms with Gasteiger partial charge in [0, 0.05) is 0 Å². The fraction of sp³-hybridized carbons (Fsp3) is 0.200. The van der Waals surface area contributed by atoms with Gasteiger partial charge in [-0.15, -0.1) is 0 Å². The van der Waals surface area contributed by atoms with Crippen LogP contribution in [-0.2, 0) is 0 Å². The summed E-state index contributed by atoms with van der Waals surface area (Å²) < 4.78 is 0. The van der Waals surface area contributed by atoms with Crippen LogP contribution >= 0.6 is 0 Å². The zero-order valence-corrected chi connectivity index (χ0v) is 9.62. The Kier molecular flexibility index (Phi) is 4.62. The number of rotatable bonds is 3. The molecule has 15 heavy (non-hydrogen) atoms. The van der Waals surface area contributed by atoms with Crippen molar-refractivity contribution in [2.45, 2.75) is 20.8 Å². The summed E-state index contributed by atoms with van der Waals surface area (Å²) >= 11 is 0. The Morgan fingerprint density at radius 2 is 1.60 bits per heavy atom. The first-order valence-corrected chi connectivity index (χ1v) is 5.26. The lowest BCUT2D eigenvalue weighted by molar-refractivity contribution is 1.54. The van der Waals surface area contributed by atoms with Crippen LogP contribution in [0.3, 0.4) is 0 Å². The molecule has 77 valence electrons. The normalized spacial score (nSPS) is 12.2. The molecule has 1 radical (unpaired) electrons. The molecule has 0 unspecified atom stereocenters. The van der Waals surface area contributed by atoms with Gasteiger partial charge in [0.05, 0.1) is 0 Å². The van der Waals surface area contributed by atoms with Gasteiger partial charge in [0.1, 0.15) is 0 Å². The molecule has 0 aliphatic heterocycles. The second-order valence-electron chi connectivity index (χ2n) is 3.26. The molecule has 0 amide bonds. The molecule has 1 aromatic carbocycles. The predicted octanol–water partition coefficient (Wildman–Crippen LogP) is 4.59. The first kappa shape index (κ1) is 11.5. The minimum Gasteiger partial charge on any atom is -0.0870 e. The molecule has 0 aliphatic rings. The third-order valence-electron chi connectivity index (χ3n) is 2.12. The van der Waals surface area contributed by atoms with E-state index in [0.29, 0.717) is 0 Å². The van der Waals surface area contributed by atoms with Crippen molar-refractivity contribution in [3.05, 3.63) is 53.1 Å². The Hall–Kier alpha value is -1.56. The molecule has 0 nitrogen and oxygen atoms in total. The Labute approximate surface area is 92.6 Å². The zero-order valence-electron chi connectivity index (χ0n) is 9.62. The quantitative estimate of drug-likeness (QED) is 0.665. The van der Waals surface area contributed by atoms with E-state index in [1.54, 1.807) is 0 Å². The van der Waals surface area contributed by atoms with Crippen molar-refractivity contribution >= 4 is 18.2 Å². The van der Waals surface area contributed by atoms with E-state index in [2.05, 4.69) is 42.5 Å². The molecule has 0 spiro atoms. The van der Waals surface area contributed by atoms with Gasteiger partial charge in [0.2, 0.25) is 0 Å². The van der Waals surface area contributed by atoms with Crippen LogP contribution in [0, 0.1) is 6.07 Å². The highest BCUT2D eigenvalue weighted by Gasteiger charge is 2.00. The summed E-state index contributed by atoms with van der Waals surface area (Å²) in [6.45, 7) is 6.09. The maximum Gasteiger partial charge on any atom is -0.00989 e. The third kappa shape index (κ3) is 2.95. The molecule has 0 atom stereocenters. The molecule has 0 heteroatoms. The standard InChI is InChI=1S/C15H17/c1-4-8-13-11-7-12-14(9-5-2)15(13)10-6-3/h4-11H,1-3H3. The van der Waals surface area contributed by atoms with Crippen molar-refractivity contribution in [3.63, 3.8) is 0 Å². The molecular weight excluding hydrogens is 180 g/mol. The fourth-order valence-corrected chi connectivity index (χ4v) is 1.53. The number of benzene rings is 1. The van der Waals surface area contributed by atoms with E-state index in [4.69, 9.17) is 0 Å². The SMILES string of the molecule is CC=Cc1[c]ccc(C=CC)c1C=CC. The van der Waals surface area contributed by atoms with Crippen molar-refractivity contribution < 1.29 is 0 Å². The third-order valence-corrected chi connectivity index (χ3v) is 2.12. The summed E-state index contributed by atoms with van der Waals surface area (Å²) in [5.74, 6) is 0. The van der Waals surface area contributed by atoms with Crippen molar-refractivity contribution in [3.8, 4) is 0 Å². The van der Waals surface area contributed by atoms with Crippen molar-refractivity contribution in [2.75, 3.05) is 0 Å². The van der Waals surface area contributed by atoms with E-state index in [1.807, 2.05) is 32.9 Å². The topological polar surface area (TPSA) is 0 Å². The summed E-state index contributed by atoms with van der Waals surface area (Å²) in [7, 11) is 0.